The molecule has 1 N–H and O–H groups in total. The first-order valence-corrected chi connectivity index (χ1v) is 13.8. The van der Waals surface area contributed by atoms with E-state index in [9.17, 15) is 9.50 Å². The number of rotatable bonds is 10. The Kier molecular flexibility index (Phi) is 8.48. The van der Waals surface area contributed by atoms with Gasteiger partial charge >= 0.3 is 0 Å². The second-order valence-electron chi connectivity index (χ2n) is 10.6. The van der Waals surface area contributed by atoms with Gasteiger partial charge in [0.05, 0.1) is 6.04 Å². The molecule has 0 spiro atoms. The Morgan fingerprint density at radius 2 is 1.67 bits per heavy atom. The SMILES string of the molecule is CC(C)N(CCOc1ccc(CC2c3ccc(O)cc3CCN2c2ccc(F)cc2)cc1)Cc1ccccc1. The molecule has 4 aromatic rings. The van der Waals surface area contributed by atoms with Crippen molar-refractivity contribution in [2.24, 2.45) is 0 Å². The predicted octanol–water partition coefficient (Wildman–Crippen LogP) is 7.17. The van der Waals surface area contributed by atoms with Crippen molar-refractivity contribution in [2.75, 3.05) is 24.6 Å². The van der Waals surface area contributed by atoms with Gasteiger partial charge in [0.25, 0.3) is 0 Å². The standard InChI is InChI=1S/C34H37FN2O2/c1-25(2)36(24-27-6-4-3-5-7-27)20-21-39-32-15-8-26(9-16-32)22-34-33-17-14-31(38)23-28(33)18-19-37(34)30-12-10-29(35)11-13-30/h3-17,23,25,34,38H,18-22,24H2,1-2H3. The molecule has 39 heavy (non-hydrogen) atoms. The molecule has 1 aliphatic rings. The van der Waals surface area contributed by atoms with Crippen LogP contribution in [0.25, 0.3) is 0 Å². The van der Waals surface area contributed by atoms with Gasteiger partial charge in [0.1, 0.15) is 23.9 Å². The molecule has 0 bridgehead atoms. The van der Waals surface area contributed by atoms with Crippen LogP contribution in [-0.4, -0.2) is 35.7 Å². The zero-order chi connectivity index (χ0) is 27.2. The van der Waals surface area contributed by atoms with E-state index in [2.05, 4.69) is 72.2 Å². The first-order chi connectivity index (χ1) is 19.0. The van der Waals surface area contributed by atoms with Crippen LogP contribution >= 0.6 is 0 Å². The Morgan fingerprint density at radius 3 is 2.38 bits per heavy atom. The van der Waals surface area contributed by atoms with Gasteiger partial charge in [-0.3, -0.25) is 4.90 Å². The van der Waals surface area contributed by atoms with E-state index in [1.807, 2.05) is 30.3 Å². The number of anilines is 1. The summed E-state index contributed by atoms with van der Waals surface area (Å²) in [5, 5.41) is 10.0. The number of fused-ring (bicyclic) bond motifs is 1. The lowest BCUT2D eigenvalue weighted by atomic mass is 9.88. The molecule has 4 aromatic carbocycles. The molecule has 1 atom stereocenters. The molecule has 0 radical (unpaired) electrons. The summed E-state index contributed by atoms with van der Waals surface area (Å²) >= 11 is 0. The smallest absolute Gasteiger partial charge is 0.123 e. The largest absolute Gasteiger partial charge is 0.508 e. The van der Waals surface area contributed by atoms with Crippen LogP contribution < -0.4 is 9.64 Å². The topological polar surface area (TPSA) is 35.9 Å². The highest BCUT2D eigenvalue weighted by atomic mass is 19.1. The van der Waals surface area contributed by atoms with Gasteiger partial charge in [0, 0.05) is 31.4 Å². The fourth-order valence-corrected chi connectivity index (χ4v) is 5.42. The van der Waals surface area contributed by atoms with Crippen LogP contribution in [0.5, 0.6) is 11.5 Å². The lowest BCUT2D eigenvalue weighted by Crippen LogP contribution is -2.36. The molecule has 0 amide bonds. The number of halogens is 1. The first-order valence-electron chi connectivity index (χ1n) is 13.8. The molecule has 0 aliphatic carbocycles. The van der Waals surface area contributed by atoms with E-state index in [0.717, 1.165) is 43.9 Å². The Morgan fingerprint density at radius 1 is 0.923 bits per heavy atom. The van der Waals surface area contributed by atoms with Crippen molar-refractivity contribution < 1.29 is 14.2 Å². The lowest BCUT2D eigenvalue weighted by Gasteiger charge is -2.39. The number of phenols is 1. The number of nitrogens with zero attached hydrogens (tertiary/aromatic N) is 2. The fraction of sp³-hybridized carbons (Fsp3) is 0.294. The normalized spacial score (nSPS) is 15.0. The van der Waals surface area contributed by atoms with Gasteiger partial charge in [-0.15, -0.1) is 0 Å². The van der Waals surface area contributed by atoms with Crippen LogP contribution in [0.2, 0.25) is 0 Å². The molecule has 4 nitrogen and oxygen atoms in total. The summed E-state index contributed by atoms with van der Waals surface area (Å²) in [6.45, 7) is 7.64. The van der Waals surface area contributed by atoms with Gasteiger partial charge < -0.3 is 14.7 Å². The summed E-state index contributed by atoms with van der Waals surface area (Å²) < 4.78 is 19.8. The number of benzene rings is 4. The van der Waals surface area contributed by atoms with E-state index in [1.165, 1.54) is 34.4 Å². The molecule has 0 fully saturated rings. The number of hydrogen-bond acceptors (Lipinski definition) is 4. The highest BCUT2D eigenvalue weighted by Crippen LogP contribution is 2.37. The van der Waals surface area contributed by atoms with Crippen molar-refractivity contribution in [3.8, 4) is 11.5 Å². The van der Waals surface area contributed by atoms with Crippen LogP contribution in [0, 0.1) is 5.82 Å². The van der Waals surface area contributed by atoms with E-state index in [0.29, 0.717) is 18.4 Å². The maximum atomic E-state index is 13.6. The van der Waals surface area contributed by atoms with E-state index in [1.54, 1.807) is 6.07 Å². The van der Waals surface area contributed by atoms with Crippen LogP contribution in [-0.2, 0) is 19.4 Å². The summed E-state index contributed by atoms with van der Waals surface area (Å²) in [7, 11) is 0. The number of aromatic hydroxyl groups is 1. The molecule has 5 heteroatoms. The average molecular weight is 525 g/mol. The van der Waals surface area contributed by atoms with Crippen molar-refractivity contribution in [1.29, 1.82) is 0 Å². The summed E-state index contributed by atoms with van der Waals surface area (Å²) in [4.78, 5) is 4.77. The third-order valence-corrected chi connectivity index (χ3v) is 7.60. The van der Waals surface area contributed by atoms with Crippen molar-refractivity contribution in [3.63, 3.8) is 0 Å². The summed E-state index contributed by atoms with van der Waals surface area (Å²) in [5.74, 6) is 0.931. The molecule has 5 rings (SSSR count). The van der Waals surface area contributed by atoms with Crippen molar-refractivity contribution >= 4 is 5.69 Å². The Balaban J connectivity index is 1.25. The third-order valence-electron chi connectivity index (χ3n) is 7.60. The van der Waals surface area contributed by atoms with Gasteiger partial charge in [-0.2, -0.15) is 0 Å². The average Bonchev–Trinajstić information content (AvgIpc) is 2.94. The van der Waals surface area contributed by atoms with E-state index in [4.69, 9.17) is 4.74 Å². The third kappa shape index (κ3) is 6.79. The minimum absolute atomic E-state index is 0.0872. The Labute approximate surface area is 231 Å². The molecular formula is C34H37FN2O2. The number of ether oxygens (including phenoxy) is 1. The molecule has 1 aliphatic heterocycles. The lowest BCUT2D eigenvalue weighted by molar-refractivity contribution is 0.169. The van der Waals surface area contributed by atoms with Crippen LogP contribution in [0.4, 0.5) is 10.1 Å². The number of hydrogen-bond donors (Lipinski definition) is 1. The number of phenolic OH excluding ortho intramolecular Hbond substituents is 1. The molecule has 0 saturated carbocycles. The molecular weight excluding hydrogens is 487 g/mol. The molecule has 1 unspecified atom stereocenters. The summed E-state index contributed by atoms with van der Waals surface area (Å²) in [5.41, 5.74) is 5.89. The van der Waals surface area contributed by atoms with Gasteiger partial charge in [0.2, 0.25) is 0 Å². The van der Waals surface area contributed by atoms with Gasteiger partial charge in [-0.25, -0.2) is 4.39 Å². The fourth-order valence-electron chi connectivity index (χ4n) is 5.42. The zero-order valence-electron chi connectivity index (χ0n) is 22.8. The van der Waals surface area contributed by atoms with Crippen LogP contribution in [0.3, 0.4) is 0 Å². The van der Waals surface area contributed by atoms with Crippen molar-refractivity contribution in [2.45, 2.75) is 45.3 Å². The highest BCUT2D eigenvalue weighted by molar-refractivity contribution is 5.53. The summed E-state index contributed by atoms with van der Waals surface area (Å²) in [6.07, 6.45) is 1.63. The predicted molar refractivity (Wildman–Crippen MR) is 156 cm³/mol. The molecule has 202 valence electrons. The van der Waals surface area contributed by atoms with E-state index < -0.39 is 0 Å². The second-order valence-corrected chi connectivity index (χ2v) is 10.6. The van der Waals surface area contributed by atoms with Gasteiger partial charge in [0.15, 0.2) is 0 Å². The monoisotopic (exact) mass is 524 g/mol. The molecule has 0 aromatic heterocycles. The minimum atomic E-state index is -0.232. The summed E-state index contributed by atoms with van der Waals surface area (Å²) in [6, 6.07) is 31.8. The molecule has 0 saturated heterocycles. The minimum Gasteiger partial charge on any atom is -0.508 e. The van der Waals surface area contributed by atoms with Crippen molar-refractivity contribution in [1.82, 2.24) is 4.90 Å². The Bertz CT molecular complexity index is 1340. The maximum Gasteiger partial charge on any atom is 0.123 e. The first kappa shape index (κ1) is 26.8. The van der Waals surface area contributed by atoms with Gasteiger partial charge in [-0.05, 0) is 97.5 Å². The molecule has 1 heterocycles. The van der Waals surface area contributed by atoms with Crippen molar-refractivity contribution in [3.05, 3.63) is 125 Å². The maximum absolute atomic E-state index is 13.6. The van der Waals surface area contributed by atoms with E-state index >= 15 is 0 Å². The van der Waals surface area contributed by atoms with Crippen LogP contribution in [0.1, 0.15) is 42.1 Å². The zero-order valence-corrected chi connectivity index (χ0v) is 22.8. The van der Waals surface area contributed by atoms with Crippen LogP contribution in [0.15, 0.2) is 97.1 Å². The second kappa shape index (κ2) is 12.4. The van der Waals surface area contributed by atoms with E-state index in [-0.39, 0.29) is 11.9 Å². The van der Waals surface area contributed by atoms with Gasteiger partial charge in [-0.1, -0.05) is 48.5 Å². The Hall–Kier alpha value is -3.83. The quantitative estimate of drug-likeness (QED) is 0.239. The highest BCUT2D eigenvalue weighted by Gasteiger charge is 2.28.